The van der Waals surface area contributed by atoms with Gasteiger partial charge in [0.1, 0.15) is 5.69 Å². The third kappa shape index (κ3) is 4.66. The first kappa shape index (κ1) is 15.1. The van der Waals surface area contributed by atoms with E-state index in [1.807, 2.05) is 35.2 Å². The number of aromatic amines is 2. The maximum Gasteiger partial charge on any atom is 0.342 e. The molecule has 1 aromatic heterocycles. The van der Waals surface area contributed by atoms with Gasteiger partial charge in [-0.3, -0.25) is 14.7 Å². The number of hydrogen-bond acceptors (Lipinski definition) is 5. The van der Waals surface area contributed by atoms with Gasteiger partial charge < -0.3 is 5.11 Å². The molecule has 1 aromatic carbocycles. The maximum absolute atomic E-state index is 11.7. The number of benzene rings is 1. The van der Waals surface area contributed by atoms with Crippen LogP contribution in [0.1, 0.15) is 17.7 Å². The highest BCUT2D eigenvalue weighted by Gasteiger charge is 2.11. The molecule has 0 aliphatic carbocycles. The van der Waals surface area contributed by atoms with Gasteiger partial charge in [-0.1, -0.05) is 30.3 Å². The van der Waals surface area contributed by atoms with Gasteiger partial charge in [-0.2, -0.15) is 5.10 Å². The van der Waals surface area contributed by atoms with E-state index < -0.39 is 11.2 Å². The average molecular weight is 290 g/mol. The van der Waals surface area contributed by atoms with Crippen LogP contribution in [0.2, 0.25) is 0 Å². The molecule has 0 aliphatic rings. The third-order valence-corrected chi connectivity index (χ3v) is 3.04. The lowest BCUT2D eigenvalue weighted by Gasteiger charge is -2.21. The minimum atomic E-state index is -0.617. The second-order valence-corrected chi connectivity index (χ2v) is 4.73. The SMILES string of the molecule is O=c1[nH]nc(CN(CCCO)Cc2ccccc2)c(=O)[nH]1. The van der Waals surface area contributed by atoms with Crippen LogP contribution in [0.5, 0.6) is 0 Å². The van der Waals surface area contributed by atoms with Gasteiger partial charge in [-0.25, -0.2) is 9.89 Å². The Morgan fingerprint density at radius 3 is 2.57 bits per heavy atom. The van der Waals surface area contributed by atoms with Crippen LogP contribution in [0.3, 0.4) is 0 Å². The van der Waals surface area contributed by atoms with E-state index in [9.17, 15) is 9.59 Å². The topological polar surface area (TPSA) is 102 Å². The number of aliphatic hydroxyl groups is 1. The Bertz CT molecular complexity index is 666. The van der Waals surface area contributed by atoms with Crippen molar-refractivity contribution in [3.05, 3.63) is 62.4 Å². The fraction of sp³-hybridized carbons (Fsp3) is 0.357. The summed E-state index contributed by atoms with van der Waals surface area (Å²) < 4.78 is 0. The monoisotopic (exact) mass is 290 g/mol. The van der Waals surface area contributed by atoms with E-state index in [2.05, 4.69) is 15.2 Å². The van der Waals surface area contributed by atoms with Crippen LogP contribution in [0.15, 0.2) is 39.9 Å². The van der Waals surface area contributed by atoms with E-state index >= 15 is 0 Å². The summed E-state index contributed by atoms with van der Waals surface area (Å²) in [7, 11) is 0. The zero-order valence-electron chi connectivity index (χ0n) is 11.6. The van der Waals surface area contributed by atoms with Crippen LogP contribution < -0.4 is 11.2 Å². The van der Waals surface area contributed by atoms with Gasteiger partial charge in [-0.15, -0.1) is 0 Å². The molecule has 0 aliphatic heterocycles. The van der Waals surface area contributed by atoms with E-state index in [1.165, 1.54) is 0 Å². The Hall–Kier alpha value is -2.25. The van der Waals surface area contributed by atoms with Crippen LogP contribution in [0.25, 0.3) is 0 Å². The molecule has 0 saturated heterocycles. The number of H-pyrrole nitrogens is 2. The highest BCUT2D eigenvalue weighted by Crippen LogP contribution is 2.07. The number of rotatable bonds is 7. The molecule has 2 rings (SSSR count). The van der Waals surface area contributed by atoms with E-state index in [0.717, 1.165) is 5.56 Å². The van der Waals surface area contributed by atoms with Crippen LogP contribution >= 0.6 is 0 Å². The van der Waals surface area contributed by atoms with Crippen molar-refractivity contribution in [2.45, 2.75) is 19.5 Å². The largest absolute Gasteiger partial charge is 0.396 e. The van der Waals surface area contributed by atoms with E-state index in [0.29, 0.717) is 26.1 Å². The zero-order chi connectivity index (χ0) is 15.1. The van der Waals surface area contributed by atoms with Gasteiger partial charge in [-0.05, 0) is 12.0 Å². The lowest BCUT2D eigenvalue weighted by Crippen LogP contribution is -2.33. The minimum Gasteiger partial charge on any atom is -0.396 e. The predicted octanol–water partition coefficient (Wildman–Crippen LogP) is -0.157. The number of aliphatic hydroxyl groups excluding tert-OH is 1. The van der Waals surface area contributed by atoms with Crippen LogP contribution in [0.4, 0.5) is 0 Å². The molecule has 3 N–H and O–H groups in total. The molecule has 2 aromatic rings. The molecule has 1 heterocycles. The molecule has 7 heteroatoms. The molecule has 0 unspecified atom stereocenters. The molecular weight excluding hydrogens is 272 g/mol. The van der Waals surface area contributed by atoms with Crippen molar-refractivity contribution in [3.63, 3.8) is 0 Å². The summed E-state index contributed by atoms with van der Waals surface area (Å²) in [5, 5.41) is 15.0. The van der Waals surface area contributed by atoms with Crippen molar-refractivity contribution in [2.24, 2.45) is 0 Å². The Kier molecular flexibility index (Phi) is 5.42. The molecule has 0 amide bonds. The molecule has 0 atom stereocenters. The summed E-state index contributed by atoms with van der Waals surface area (Å²) in [5.41, 5.74) is 0.259. The van der Waals surface area contributed by atoms with Crippen LogP contribution in [-0.2, 0) is 13.1 Å². The average Bonchev–Trinajstić information content (AvgIpc) is 2.48. The van der Waals surface area contributed by atoms with Crippen LogP contribution in [-0.4, -0.2) is 38.3 Å². The van der Waals surface area contributed by atoms with Crippen molar-refractivity contribution < 1.29 is 5.11 Å². The Morgan fingerprint density at radius 2 is 1.90 bits per heavy atom. The molecule has 0 bridgehead atoms. The van der Waals surface area contributed by atoms with Crippen molar-refractivity contribution >= 4 is 0 Å². The van der Waals surface area contributed by atoms with Crippen molar-refractivity contribution in [3.8, 4) is 0 Å². The summed E-state index contributed by atoms with van der Waals surface area (Å²) in [6.45, 7) is 1.66. The number of nitrogens with zero attached hydrogens (tertiary/aromatic N) is 2. The Morgan fingerprint density at radius 1 is 1.14 bits per heavy atom. The molecule has 0 spiro atoms. The lowest BCUT2D eigenvalue weighted by molar-refractivity contribution is 0.209. The van der Waals surface area contributed by atoms with Gasteiger partial charge in [0.2, 0.25) is 0 Å². The van der Waals surface area contributed by atoms with Crippen molar-refractivity contribution in [2.75, 3.05) is 13.2 Å². The lowest BCUT2D eigenvalue weighted by atomic mass is 10.2. The fourth-order valence-electron chi connectivity index (χ4n) is 2.04. The molecule has 0 saturated carbocycles. The van der Waals surface area contributed by atoms with Gasteiger partial charge >= 0.3 is 5.69 Å². The minimum absolute atomic E-state index is 0.0840. The normalized spacial score (nSPS) is 11.0. The molecule has 7 nitrogen and oxygen atoms in total. The van der Waals surface area contributed by atoms with E-state index in [-0.39, 0.29) is 12.3 Å². The second-order valence-electron chi connectivity index (χ2n) is 4.73. The van der Waals surface area contributed by atoms with Gasteiger partial charge in [0.15, 0.2) is 0 Å². The quantitative estimate of drug-likeness (QED) is 0.658. The molecule has 21 heavy (non-hydrogen) atoms. The molecule has 112 valence electrons. The maximum atomic E-state index is 11.7. The number of nitrogens with one attached hydrogen (secondary N) is 2. The zero-order valence-corrected chi connectivity index (χ0v) is 11.6. The van der Waals surface area contributed by atoms with Crippen LogP contribution in [0, 0.1) is 0 Å². The third-order valence-electron chi connectivity index (χ3n) is 3.04. The first-order valence-electron chi connectivity index (χ1n) is 6.74. The number of aromatic nitrogens is 3. The first-order valence-corrected chi connectivity index (χ1v) is 6.74. The summed E-state index contributed by atoms with van der Waals surface area (Å²) >= 11 is 0. The standard InChI is InChI=1S/C14H18N4O3/c19-8-4-7-18(9-11-5-2-1-3-6-11)10-12-13(20)15-14(21)17-16-12/h1-3,5-6,19H,4,7-10H2,(H2,15,17,20,21). The molecule has 0 radical (unpaired) electrons. The van der Waals surface area contributed by atoms with Gasteiger partial charge in [0, 0.05) is 26.2 Å². The van der Waals surface area contributed by atoms with E-state index in [4.69, 9.17) is 5.11 Å². The van der Waals surface area contributed by atoms with Gasteiger partial charge in [0.05, 0.1) is 0 Å². The van der Waals surface area contributed by atoms with E-state index in [1.54, 1.807) is 0 Å². The first-order chi connectivity index (χ1) is 10.2. The second kappa shape index (κ2) is 7.51. The summed E-state index contributed by atoms with van der Waals surface area (Å²) in [5.74, 6) is 0. The number of hydrogen-bond donors (Lipinski definition) is 3. The predicted molar refractivity (Wildman–Crippen MR) is 77.7 cm³/mol. The van der Waals surface area contributed by atoms with Gasteiger partial charge in [0.25, 0.3) is 5.56 Å². The Labute approximate surface area is 121 Å². The Balaban J connectivity index is 2.12. The summed E-state index contributed by atoms with van der Waals surface area (Å²) in [4.78, 5) is 26.8. The smallest absolute Gasteiger partial charge is 0.342 e. The summed E-state index contributed by atoms with van der Waals surface area (Å²) in [6.07, 6.45) is 0.605. The fourth-order valence-corrected chi connectivity index (χ4v) is 2.04. The highest BCUT2D eigenvalue weighted by molar-refractivity contribution is 5.14. The summed E-state index contributed by atoms with van der Waals surface area (Å²) in [6, 6.07) is 9.83. The highest BCUT2D eigenvalue weighted by atomic mass is 16.3. The molecule has 0 fully saturated rings. The van der Waals surface area contributed by atoms with Crippen molar-refractivity contribution in [1.82, 2.24) is 20.1 Å². The van der Waals surface area contributed by atoms with Crippen molar-refractivity contribution in [1.29, 1.82) is 0 Å². The molecular formula is C14H18N4O3.